The molecule has 0 bridgehead atoms. The van der Waals surface area contributed by atoms with Crippen molar-refractivity contribution < 1.29 is 8.42 Å². The van der Waals surface area contributed by atoms with E-state index in [0.29, 0.717) is 15.4 Å². The smallest absolute Gasteiger partial charge is 0.207 e. The molecule has 0 N–H and O–H groups in total. The highest BCUT2D eigenvalue weighted by atomic mass is 79.9. The van der Waals surface area contributed by atoms with Gasteiger partial charge in [0.25, 0.3) is 9.05 Å². The molecule has 0 heterocycles. The molecule has 0 aromatic heterocycles. The second kappa shape index (κ2) is 4.83. The molecule has 15 heavy (non-hydrogen) atoms. The van der Waals surface area contributed by atoms with Gasteiger partial charge in [0.05, 0.1) is 16.5 Å². The van der Waals surface area contributed by atoms with E-state index in [1.165, 1.54) is 6.07 Å². The van der Waals surface area contributed by atoms with Crippen molar-refractivity contribution >= 4 is 51.6 Å². The summed E-state index contributed by atoms with van der Waals surface area (Å²) in [7, 11) is 1.42. The average molecular weight is 373 g/mol. The lowest BCUT2D eigenvalue weighted by Gasteiger charge is -2.06. The molecule has 0 aliphatic carbocycles. The van der Waals surface area contributed by atoms with Crippen LogP contribution in [-0.2, 0) is 14.4 Å². The van der Waals surface area contributed by atoms with Crippen LogP contribution in [0.15, 0.2) is 21.5 Å². The first kappa shape index (κ1) is 13.0. The lowest BCUT2D eigenvalue weighted by molar-refractivity contribution is 0.609. The highest BCUT2D eigenvalue weighted by Gasteiger charge is 2.18. The van der Waals surface area contributed by atoms with Gasteiger partial charge in [-0.25, -0.2) is 8.42 Å². The van der Waals surface area contributed by atoms with E-state index in [4.69, 9.17) is 15.9 Å². The van der Waals surface area contributed by atoms with Crippen LogP contribution >= 0.6 is 42.5 Å². The first-order chi connectivity index (χ1) is 6.90. The van der Waals surface area contributed by atoms with E-state index in [9.17, 15) is 8.42 Å². The number of hydrogen-bond donors (Lipinski definition) is 0. The molecule has 3 nitrogen and oxygen atoms in total. The summed E-state index contributed by atoms with van der Waals surface area (Å²) in [5, 5.41) is 9.03. The van der Waals surface area contributed by atoms with Crippen LogP contribution in [0, 0.1) is 11.3 Å². The van der Waals surface area contributed by atoms with Crippen molar-refractivity contribution in [1.29, 1.82) is 5.26 Å². The van der Waals surface area contributed by atoms with Crippen LogP contribution in [0.25, 0.3) is 0 Å². The molecule has 1 aromatic carbocycles. The summed E-state index contributed by atoms with van der Waals surface area (Å²) in [6.45, 7) is 0. The van der Waals surface area contributed by atoms with Gasteiger partial charge >= 0.3 is 0 Å². The van der Waals surface area contributed by atoms with Gasteiger partial charge < -0.3 is 0 Å². The molecular weight excluding hydrogens is 369 g/mol. The van der Waals surface area contributed by atoms with E-state index in [0.717, 1.165) is 0 Å². The molecule has 1 rings (SSSR count). The van der Waals surface area contributed by atoms with Crippen LogP contribution in [0.1, 0.15) is 11.1 Å². The highest BCUT2D eigenvalue weighted by molar-refractivity contribution is 9.10. The Hall–Kier alpha value is -0.0900. The summed E-state index contributed by atoms with van der Waals surface area (Å²) in [5.41, 5.74) is 0.745. The zero-order valence-electron chi connectivity index (χ0n) is 7.17. The molecule has 1 aromatic rings. The predicted molar refractivity (Wildman–Crippen MR) is 64.5 cm³/mol. The number of nitriles is 1. The standard InChI is InChI=1S/C8H4Br2ClNO2S/c9-3-6-7(10)1-5(4-12)2-8(6)15(11,13)14/h1-2H,3H2. The summed E-state index contributed by atoms with van der Waals surface area (Å²) in [4.78, 5) is -0.0491. The number of halogens is 3. The molecule has 0 unspecified atom stereocenters. The van der Waals surface area contributed by atoms with Crippen LogP contribution < -0.4 is 0 Å². The molecule has 0 amide bonds. The maximum atomic E-state index is 11.2. The average Bonchev–Trinajstić information content (AvgIpc) is 2.15. The predicted octanol–water partition coefficient (Wildman–Crippen LogP) is 3.14. The maximum absolute atomic E-state index is 11.2. The van der Waals surface area contributed by atoms with Crippen molar-refractivity contribution in [1.82, 2.24) is 0 Å². The van der Waals surface area contributed by atoms with Crippen molar-refractivity contribution in [2.45, 2.75) is 10.2 Å². The third kappa shape index (κ3) is 2.94. The fourth-order valence-electron chi connectivity index (χ4n) is 1.02. The van der Waals surface area contributed by atoms with E-state index < -0.39 is 9.05 Å². The number of benzene rings is 1. The van der Waals surface area contributed by atoms with E-state index in [1.807, 2.05) is 6.07 Å². The lowest BCUT2D eigenvalue weighted by Crippen LogP contribution is -1.98. The summed E-state index contributed by atoms with van der Waals surface area (Å²) < 4.78 is 23.0. The van der Waals surface area contributed by atoms with Crippen LogP contribution in [-0.4, -0.2) is 8.42 Å². The first-order valence-electron chi connectivity index (χ1n) is 3.63. The Kier molecular flexibility index (Phi) is 4.18. The topological polar surface area (TPSA) is 57.9 Å². The molecule has 0 fully saturated rings. The Labute approximate surface area is 109 Å². The molecule has 0 aliphatic heterocycles. The Morgan fingerprint density at radius 2 is 2.07 bits per heavy atom. The van der Waals surface area contributed by atoms with Crippen molar-refractivity contribution in [2.24, 2.45) is 0 Å². The third-order valence-electron chi connectivity index (χ3n) is 1.68. The molecule has 0 spiro atoms. The monoisotopic (exact) mass is 371 g/mol. The lowest BCUT2D eigenvalue weighted by atomic mass is 10.2. The van der Waals surface area contributed by atoms with Gasteiger partial charge in [0.15, 0.2) is 0 Å². The zero-order chi connectivity index (χ0) is 11.6. The molecule has 0 atom stereocenters. The number of hydrogen-bond acceptors (Lipinski definition) is 3. The van der Waals surface area contributed by atoms with Gasteiger partial charge in [-0.3, -0.25) is 0 Å². The van der Waals surface area contributed by atoms with Gasteiger partial charge in [-0.15, -0.1) is 0 Å². The van der Waals surface area contributed by atoms with E-state index >= 15 is 0 Å². The molecule has 80 valence electrons. The van der Waals surface area contributed by atoms with Gasteiger partial charge in [0, 0.05) is 20.5 Å². The van der Waals surface area contributed by atoms with Crippen LogP contribution in [0.2, 0.25) is 0 Å². The second-order valence-corrected chi connectivity index (χ2v) is 6.57. The Morgan fingerprint density at radius 1 is 1.47 bits per heavy atom. The second-order valence-electron chi connectivity index (χ2n) is 2.62. The molecule has 0 radical (unpaired) electrons. The number of rotatable bonds is 2. The fraction of sp³-hybridized carbons (Fsp3) is 0.125. The summed E-state index contributed by atoms with van der Waals surface area (Å²) >= 11 is 6.35. The van der Waals surface area contributed by atoms with E-state index in [2.05, 4.69) is 31.9 Å². The molecular formula is C8H4Br2ClNO2S. The molecule has 0 saturated heterocycles. The highest BCUT2D eigenvalue weighted by Crippen LogP contribution is 2.30. The van der Waals surface area contributed by atoms with E-state index in [1.54, 1.807) is 6.07 Å². The largest absolute Gasteiger partial charge is 0.261 e. The third-order valence-corrected chi connectivity index (χ3v) is 4.34. The quantitative estimate of drug-likeness (QED) is 0.591. The van der Waals surface area contributed by atoms with E-state index in [-0.39, 0.29) is 10.5 Å². The fourth-order valence-corrected chi connectivity index (χ4v) is 4.08. The summed E-state index contributed by atoms with van der Waals surface area (Å²) in [6.07, 6.45) is 0. The normalized spacial score (nSPS) is 11.1. The molecule has 0 saturated carbocycles. The van der Waals surface area contributed by atoms with Gasteiger partial charge in [-0.05, 0) is 17.7 Å². The SMILES string of the molecule is N#Cc1cc(Br)c(CBr)c(S(=O)(=O)Cl)c1. The molecule has 0 aliphatic rings. The Morgan fingerprint density at radius 3 is 2.47 bits per heavy atom. The zero-order valence-corrected chi connectivity index (χ0v) is 11.9. The van der Waals surface area contributed by atoms with Crippen molar-refractivity contribution in [3.63, 3.8) is 0 Å². The van der Waals surface area contributed by atoms with Gasteiger partial charge in [0.1, 0.15) is 0 Å². The van der Waals surface area contributed by atoms with Crippen LogP contribution in [0.3, 0.4) is 0 Å². The van der Waals surface area contributed by atoms with Gasteiger partial charge in [0.2, 0.25) is 0 Å². The number of alkyl halides is 1. The minimum absolute atomic E-state index is 0.0491. The minimum Gasteiger partial charge on any atom is -0.207 e. The first-order valence-corrected chi connectivity index (χ1v) is 7.85. The Balaban J connectivity index is 3.63. The van der Waals surface area contributed by atoms with Gasteiger partial charge in [-0.2, -0.15) is 5.26 Å². The van der Waals surface area contributed by atoms with Crippen molar-refractivity contribution in [3.05, 3.63) is 27.7 Å². The summed E-state index contributed by atoms with van der Waals surface area (Å²) in [6, 6.07) is 4.66. The van der Waals surface area contributed by atoms with Crippen LogP contribution in [0.4, 0.5) is 0 Å². The van der Waals surface area contributed by atoms with Crippen molar-refractivity contribution in [3.8, 4) is 6.07 Å². The van der Waals surface area contributed by atoms with Crippen molar-refractivity contribution in [2.75, 3.05) is 0 Å². The Bertz CT molecular complexity index is 536. The maximum Gasteiger partial charge on any atom is 0.261 e. The summed E-state index contributed by atoms with van der Waals surface area (Å²) in [5.74, 6) is 0. The molecule has 7 heteroatoms. The minimum atomic E-state index is -3.84. The van der Waals surface area contributed by atoms with Gasteiger partial charge in [-0.1, -0.05) is 31.9 Å². The van der Waals surface area contributed by atoms with Crippen LogP contribution in [0.5, 0.6) is 0 Å². The number of nitrogens with zero attached hydrogens (tertiary/aromatic N) is 1.